The molecule has 8 nitrogen and oxygen atoms in total. The second kappa shape index (κ2) is 11.1. The van der Waals surface area contributed by atoms with Crippen molar-refractivity contribution >= 4 is 45.5 Å². The third-order valence-electron chi connectivity index (χ3n) is 5.56. The third-order valence-corrected chi connectivity index (χ3v) is 6.08. The average molecular weight is 563 g/mol. The molecule has 9 heteroatoms. The van der Waals surface area contributed by atoms with Crippen molar-refractivity contribution in [1.29, 1.82) is 0 Å². The minimum Gasteiger partial charge on any atom is -0.508 e. The van der Waals surface area contributed by atoms with E-state index in [4.69, 9.17) is 9.47 Å². The summed E-state index contributed by atoms with van der Waals surface area (Å²) in [5, 5.41) is 11.7. The van der Waals surface area contributed by atoms with Crippen LogP contribution in [0.3, 0.4) is 0 Å². The molecule has 1 saturated heterocycles. The molecule has 0 radical (unpaired) electrons. The minimum atomic E-state index is -0.876. The Morgan fingerprint density at radius 2 is 1.76 bits per heavy atom. The Balaban J connectivity index is 1.69. The van der Waals surface area contributed by atoms with Gasteiger partial charge in [0.15, 0.2) is 11.5 Å². The fraction of sp³-hybridized carbons (Fsp3) is 0.107. The lowest BCUT2D eigenvalue weighted by molar-refractivity contribution is -0.122. The van der Waals surface area contributed by atoms with Crippen LogP contribution in [-0.4, -0.2) is 30.1 Å². The Hall–Kier alpha value is -4.37. The van der Waals surface area contributed by atoms with E-state index in [9.17, 15) is 19.5 Å². The number of methoxy groups -OCH3 is 1. The standard InChI is InChI=1S/C28H23BrN2O6/c1-3-4-19-13-18(15-24(36-2)25(19)37-16-17-5-7-20(29)8-6-17)14-23-26(33)30-28(35)31(27(23)34)21-9-11-22(32)12-10-21/h3,5-15,32H,1,4,16H2,2H3,(H,30,33,35)/b23-14+. The first-order chi connectivity index (χ1) is 17.8. The lowest BCUT2D eigenvalue weighted by Gasteiger charge is -2.26. The van der Waals surface area contributed by atoms with E-state index in [0.717, 1.165) is 20.5 Å². The number of benzene rings is 3. The van der Waals surface area contributed by atoms with Crippen molar-refractivity contribution in [3.05, 3.63) is 100 Å². The number of nitrogens with zero attached hydrogens (tertiary/aromatic N) is 1. The number of phenols is 1. The van der Waals surface area contributed by atoms with E-state index in [1.807, 2.05) is 24.3 Å². The lowest BCUT2D eigenvalue weighted by atomic mass is 10.0. The quantitative estimate of drug-likeness (QED) is 0.224. The zero-order valence-electron chi connectivity index (χ0n) is 19.9. The molecule has 2 N–H and O–H groups in total. The molecule has 1 aliphatic heterocycles. The van der Waals surface area contributed by atoms with Gasteiger partial charge in [-0.25, -0.2) is 9.69 Å². The summed E-state index contributed by atoms with van der Waals surface area (Å²) in [6.45, 7) is 4.12. The Labute approximate surface area is 221 Å². The molecule has 1 fully saturated rings. The molecule has 188 valence electrons. The van der Waals surface area contributed by atoms with Crippen molar-refractivity contribution in [2.75, 3.05) is 12.0 Å². The van der Waals surface area contributed by atoms with Crippen LogP contribution < -0.4 is 19.7 Å². The minimum absolute atomic E-state index is 0.0234. The molecule has 1 aliphatic rings. The molecule has 0 saturated carbocycles. The predicted molar refractivity (Wildman–Crippen MR) is 142 cm³/mol. The van der Waals surface area contributed by atoms with Crippen molar-refractivity contribution in [3.63, 3.8) is 0 Å². The summed E-state index contributed by atoms with van der Waals surface area (Å²) < 4.78 is 12.6. The van der Waals surface area contributed by atoms with Crippen molar-refractivity contribution in [2.24, 2.45) is 0 Å². The highest BCUT2D eigenvalue weighted by molar-refractivity contribution is 9.10. The van der Waals surface area contributed by atoms with E-state index in [1.54, 1.807) is 18.2 Å². The van der Waals surface area contributed by atoms with E-state index in [0.29, 0.717) is 30.1 Å². The van der Waals surface area contributed by atoms with Gasteiger partial charge in [0.1, 0.15) is 17.9 Å². The van der Waals surface area contributed by atoms with Gasteiger partial charge in [-0.15, -0.1) is 6.58 Å². The molecule has 0 aliphatic carbocycles. The van der Waals surface area contributed by atoms with Gasteiger partial charge in [-0.05, 0) is 72.2 Å². The molecular formula is C28H23BrN2O6. The first kappa shape index (κ1) is 25.7. The van der Waals surface area contributed by atoms with Gasteiger partial charge in [-0.3, -0.25) is 14.9 Å². The molecule has 0 unspecified atom stereocenters. The summed E-state index contributed by atoms with van der Waals surface area (Å²) >= 11 is 3.42. The van der Waals surface area contributed by atoms with Gasteiger partial charge in [0.25, 0.3) is 11.8 Å². The zero-order chi connectivity index (χ0) is 26.5. The van der Waals surface area contributed by atoms with E-state index in [1.165, 1.54) is 37.5 Å². The number of hydrogen-bond donors (Lipinski definition) is 2. The number of carbonyl (C=O) groups excluding carboxylic acids is 3. The summed E-state index contributed by atoms with van der Waals surface area (Å²) in [5.74, 6) is -0.694. The summed E-state index contributed by atoms with van der Waals surface area (Å²) in [7, 11) is 1.50. The highest BCUT2D eigenvalue weighted by Gasteiger charge is 2.36. The largest absolute Gasteiger partial charge is 0.508 e. The summed E-state index contributed by atoms with van der Waals surface area (Å²) in [6.07, 6.45) is 3.55. The number of allylic oxidation sites excluding steroid dienone is 1. The number of ether oxygens (including phenoxy) is 2. The Morgan fingerprint density at radius 3 is 2.41 bits per heavy atom. The van der Waals surface area contributed by atoms with Gasteiger partial charge in [0.2, 0.25) is 0 Å². The summed E-state index contributed by atoms with van der Waals surface area (Å²) in [4.78, 5) is 39.1. The van der Waals surface area contributed by atoms with Gasteiger partial charge in [0.05, 0.1) is 12.8 Å². The highest BCUT2D eigenvalue weighted by atomic mass is 79.9. The SMILES string of the molecule is C=CCc1cc(/C=C2\C(=O)NC(=O)N(c3ccc(O)cc3)C2=O)cc(OC)c1OCc1ccc(Br)cc1. The molecule has 4 rings (SSSR count). The van der Waals surface area contributed by atoms with Crippen LogP contribution in [0.15, 0.2) is 83.4 Å². The van der Waals surface area contributed by atoms with Crippen LogP contribution >= 0.6 is 15.9 Å². The second-order valence-corrected chi connectivity index (χ2v) is 9.01. The fourth-order valence-corrected chi connectivity index (χ4v) is 4.05. The number of carbonyl (C=O) groups is 3. The number of anilines is 1. The average Bonchev–Trinajstić information content (AvgIpc) is 2.88. The maximum atomic E-state index is 13.2. The normalized spacial score (nSPS) is 14.5. The Bertz CT molecular complexity index is 1400. The van der Waals surface area contributed by atoms with E-state index in [2.05, 4.69) is 27.8 Å². The number of imide groups is 2. The monoisotopic (exact) mass is 562 g/mol. The molecule has 1 heterocycles. The van der Waals surface area contributed by atoms with Crippen LogP contribution in [0.1, 0.15) is 16.7 Å². The molecule has 0 atom stereocenters. The summed E-state index contributed by atoms with van der Waals surface area (Å²) in [6, 6.07) is 15.8. The van der Waals surface area contributed by atoms with E-state index in [-0.39, 0.29) is 17.0 Å². The number of aromatic hydroxyl groups is 1. The first-order valence-electron chi connectivity index (χ1n) is 11.2. The number of nitrogens with one attached hydrogen (secondary N) is 1. The molecule has 4 amide bonds. The number of halogens is 1. The number of amides is 4. The van der Waals surface area contributed by atoms with Crippen LogP contribution in [0.25, 0.3) is 6.08 Å². The molecule has 37 heavy (non-hydrogen) atoms. The Kier molecular flexibility index (Phi) is 7.74. The van der Waals surface area contributed by atoms with Gasteiger partial charge in [-0.1, -0.05) is 34.1 Å². The number of barbiturate groups is 1. The molecule has 0 bridgehead atoms. The van der Waals surface area contributed by atoms with Crippen LogP contribution in [0.4, 0.5) is 10.5 Å². The first-order valence-corrected chi connectivity index (χ1v) is 12.0. The van der Waals surface area contributed by atoms with Gasteiger partial charge in [0, 0.05) is 10.0 Å². The van der Waals surface area contributed by atoms with Crippen molar-refractivity contribution in [1.82, 2.24) is 5.32 Å². The van der Waals surface area contributed by atoms with Crippen LogP contribution in [0, 0.1) is 0 Å². The summed E-state index contributed by atoms with van der Waals surface area (Å²) in [5.41, 5.74) is 2.18. The van der Waals surface area contributed by atoms with Crippen LogP contribution in [0.5, 0.6) is 17.2 Å². The van der Waals surface area contributed by atoms with Crippen LogP contribution in [-0.2, 0) is 22.6 Å². The molecule has 0 spiro atoms. The maximum absolute atomic E-state index is 13.2. The van der Waals surface area contributed by atoms with E-state index >= 15 is 0 Å². The topological polar surface area (TPSA) is 105 Å². The van der Waals surface area contributed by atoms with Crippen molar-refractivity contribution in [2.45, 2.75) is 13.0 Å². The predicted octanol–water partition coefficient (Wildman–Crippen LogP) is 5.14. The molecule has 3 aromatic carbocycles. The smallest absolute Gasteiger partial charge is 0.335 e. The highest BCUT2D eigenvalue weighted by Crippen LogP contribution is 2.35. The van der Waals surface area contributed by atoms with Gasteiger partial charge >= 0.3 is 6.03 Å². The Morgan fingerprint density at radius 1 is 1.05 bits per heavy atom. The number of urea groups is 1. The third kappa shape index (κ3) is 5.73. The number of phenolic OH excluding ortho intramolecular Hbond substituents is 1. The van der Waals surface area contributed by atoms with Crippen molar-refractivity contribution < 1.29 is 29.0 Å². The van der Waals surface area contributed by atoms with E-state index < -0.39 is 17.8 Å². The lowest BCUT2D eigenvalue weighted by Crippen LogP contribution is -2.54. The van der Waals surface area contributed by atoms with Gasteiger partial charge < -0.3 is 14.6 Å². The number of rotatable bonds is 8. The second-order valence-electron chi connectivity index (χ2n) is 8.09. The molecular weight excluding hydrogens is 540 g/mol. The maximum Gasteiger partial charge on any atom is 0.335 e. The fourth-order valence-electron chi connectivity index (χ4n) is 3.79. The zero-order valence-corrected chi connectivity index (χ0v) is 21.4. The van der Waals surface area contributed by atoms with Gasteiger partial charge in [-0.2, -0.15) is 0 Å². The molecule has 0 aromatic heterocycles. The molecule has 3 aromatic rings. The number of hydrogen-bond acceptors (Lipinski definition) is 6. The van der Waals surface area contributed by atoms with Crippen LogP contribution in [0.2, 0.25) is 0 Å². The van der Waals surface area contributed by atoms with Crippen molar-refractivity contribution in [3.8, 4) is 17.2 Å².